The summed E-state index contributed by atoms with van der Waals surface area (Å²) >= 11 is 0. The molecule has 0 radical (unpaired) electrons. The van der Waals surface area contributed by atoms with Crippen LogP contribution in [0.2, 0.25) is 0 Å². The summed E-state index contributed by atoms with van der Waals surface area (Å²) in [6.45, 7) is 10.7. The van der Waals surface area contributed by atoms with Gasteiger partial charge in [0.1, 0.15) is 5.82 Å². The summed E-state index contributed by atoms with van der Waals surface area (Å²) in [5.41, 5.74) is 4.48. The summed E-state index contributed by atoms with van der Waals surface area (Å²) in [6, 6.07) is 12.9. The molecular weight excluding hydrogens is 438 g/mol. The molecule has 0 bridgehead atoms. The number of anilines is 2. The third kappa shape index (κ3) is 6.23. The van der Waals surface area contributed by atoms with Crippen LogP contribution >= 0.6 is 0 Å². The minimum Gasteiger partial charge on any atom is -0.357 e. The van der Waals surface area contributed by atoms with Crippen LogP contribution in [0, 0.1) is 12.3 Å². The number of aromatic nitrogens is 2. The minimum absolute atomic E-state index is 0.0231. The van der Waals surface area contributed by atoms with Gasteiger partial charge >= 0.3 is 0 Å². The highest BCUT2D eigenvalue weighted by Crippen LogP contribution is 2.26. The van der Waals surface area contributed by atoms with Crippen molar-refractivity contribution in [1.29, 1.82) is 0 Å². The lowest BCUT2D eigenvalue weighted by Gasteiger charge is -2.18. The molecule has 2 amide bonds. The molecule has 0 atom stereocenters. The second-order valence-corrected chi connectivity index (χ2v) is 10.2. The molecule has 182 valence electrons. The van der Waals surface area contributed by atoms with Crippen LogP contribution in [0.3, 0.4) is 0 Å². The molecule has 7 heteroatoms. The van der Waals surface area contributed by atoms with Crippen LogP contribution in [0.4, 0.5) is 11.5 Å². The van der Waals surface area contributed by atoms with E-state index in [0.717, 1.165) is 48.6 Å². The molecule has 0 spiro atoms. The summed E-state index contributed by atoms with van der Waals surface area (Å²) < 4.78 is 0. The molecular formula is C28H33N5O2. The molecule has 1 aliphatic rings. The zero-order valence-corrected chi connectivity index (χ0v) is 20.9. The van der Waals surface area contributed by atoms with Crippen molar-refractivity contribution in [3.8, 4) is 11.1 Å². The maximum atomic E-state index is 12.9. The molecule has 3 heterocycles. The van der Waals surface area contributed by atoms with E-state index in [1.807, 2.05) is 43.3 Å². The molecule has 0 aliphatic carbocycles. The van der Waals surface area contributed by atoms with Crippen LogP contribution in [0.15, 0.2) is 54.9 Å². The molecule has 7 nitrogen and oxygen atoms in total. The number of hydrogen-bond donors (Lipinski definition) is 2. The Morgan fingerprint density at radius 2 is 1.66 bits per heavy atom. The van der Waals surface area contributed by atoms with Gasteiger partial charge in [0.25, 0.3) is 11.8 Å². The Morgan fingerprint density at radius 3 is 2.34 bits per heavy atom. The topological polar surface area (TPSA) is 87.2 Å². The van der Waals surface area contributed by atoms with Gasteiger partial charge < -0.3 is 15.5 Å². The van der Waals surface area contributed by atoms with Crippen LogP contribution in [-0.2, 0) is 0 Å². The highest BCUT2D eigenvalue weighted by atomic mass is 16.2. The molecule has 1 aliphatic heterocycles. The molecule has 2 N–H and O–H groups in total. The highest BCUT2D eigenvalue weighted by molar-refractivity contribution is 6.05. The Bertz CT molecular complexity index is 1210. The minimum atomic E-state index is -0.199. The number of benzene rings is 1. The van der Waals surface area contributed by atoms with Crippen LogP contribution in [-0.4, -0.2) is 41.4 Å². The van der Waals surface area contributed by atoms with Crippen LogP contribution in [0.5, 0.6) is 0 Å². The molecule has 1 saturated heterocycles. The van der Waals surface area contributed by atoms with Crippen molar-refractivity contribution in [2.75, 3.05) is 29.9 Å². The summed E-state index contributed by atoms with van der Waals surface area (Å²) in [6.07, 6.45) is 5.64. The molecule has 3 aromatic rings. The summed E-state index contributed by atoms with van der Waals surface area (Å²) in [7, 11) is 0. The molecule has 0 unspecified atom stereocenters. The van der Waals surface area contributed by atoms with E-state index in [1.54, 1.807) is 18.5 Å². The first-order valence-electron chi connectivity index (χ1n) is 12.1. The summed E-state index contributed by atoms with van der Waals surface area (Å²) in [5, 5.41) is 5.93. The number of aryl methyl sites for hydroxylation is 1. The van der Waals surface area contributed by atoms with Gasteiger partial charge in [0.2, 0.25) is 0 Å². The molecule has 1 fully saturated rings. The zero-order valence-electron chi connectivity index (χ0n) is 20.9. The van der Waals surface area contributed by atoms with Crippen molar-refractivity contribution < 1.29 is 9.59 Å². The van der Waals surface area contributed by atoms with Crippen LogP contribution < -0.4 is 15.5 Å². The summed E-state index contributed by atoms with van der Waals surface area (Å²) in [4.78, 5) is 36.5. The lowest BCUT2D eigenvalue weighted by atomic mass is 9.96. The van der Waals surface area contributed by atoms with Gasteiger partial charge in [-0.2, -0.15) is 0 Å². The van der Waals surface area contributed by atoms with E-state index < -0.39 is 0 Å². The Balaban J connectivity index is 1.48. The Kier molecular flexibility index (Phi) is 7.15. The molecule has 1 aromatic carbocycles. The smallest absolute Gasteiger partial charge is 0.255 e. The average Bonchev–Trinajstić information content (AvgIpc) is 3.39. The molecule has 2 aromatic heterocycles. The molecule has 0 saturated carbocycles. The highest BCUT2D eigenvalue weighted by Gasteiger charge is 2.17. The van der Waals surface area contributed by atoms with E-state index in [9.17, 15) is 9.59 Å². The predicted octanol–water partition coefficient (Wildman–Crippen LogP) is 5.08. The maximum Gasteiger partial charge on any atom is 0.255 e. The summed E-state index contributed by atoms with van der Waals surface area (Å²) in [5.74, 6) is 0.549. The van der Waals surface area contributed by atoms with Crippen molar-refractivity contribution in [3.05, 3.63) is 71.7 Å². The third-order valence-corrected chi connectivity index (χ3v) is 6.02. The fourth-order valence-electron chi connectivity index (χ4n) is 4.02. The SMILES string of the molecule is Cc1ncc(NC(=O)c2ccnc(N3CCCC3)c2)cc1-c1ccc(C(=O)NCC(C)(C)C)cc1. The number of carbonyl (C=O) groups excluding carboxylic acids is 2. The van der Waals surface area contributed by atoms with E-state index in [-0.39, 0.29) is 17.2 Å². The van der Waals surface area contributed by atoms with E-state index in [0.29, 0.717) is 23.4 Å². The monoisotopic (exact) mass is 471 g/mol. The first-order chi connectivity index (χ1) is 16.7. The zero-order chi connectivity index (χ0) is 25.0. The van der Waals surface area contributed by atoms with E-state index in [4.69, 9.17) is 0 Å². The number of hydrogen-bond acceptors (Lipinski definition) is 5. The van der Waals surface area contributed by atoms with E-state index in [2.05, 4.69) is 46.3 Å². The Hall–Kier alpha value is -3.74. The maximum absolute atomic E-state index is 12.9. The fourth-order valence-corrected chi connectivity index (χ4v) is 4.02. The van der Waals surface area contributed by atoms with E-state index in [1.165, 1.54) is 0 Å². The van der Waals surface area contributed by atoms with Crippen LogP contribution in [0.1, 0.15) is 60.0 Å². The number of amides is 2. The number of pyridine rings is 2. The second kappa shape index (κ2) is 10.3. The predicted molar refractivity (Wildman–Crippen MR) is 140 cm³/mol. The van der Waals surface area contributed by atoms with Gasteiger partial charge in [-0.15, -0.1) is 0 Å². The first kappa shape index (κ1) is 24.4. The second-order valence-electron chi connectivity index (χ2n) is 10.2. The lowest BCUT2D eigenvalue weighted by molar-refractivity contribution is 0.0938. The van der Waals surface area contributed by atoms with E-state index >= 15 is 0 Å². The van der Waals surface area contributed by atoms with Crippen LogP contribution in [0.25, 0.3) is 11.1 Å². The number of nitrogens with zero attached hydrogens (tertiary/aromatic N) is 3. The van der Waals surface area contributed by atoms with Crippen molar-refractivity contribution in [2.24, 2.45) is 5.41 Å². The van der Waals surface area contributed by atoms with Gasteiger partial charge in [-0.3, -0.25) is 14.6 Å². The quantitative estimate of drug-likeness (QED) is 0.523. The van der Waals surface area contributed by atoms with Crippen molar-refractivity contribution in [3.63, 3.8) is 0 Å². The largest absolute Gasteiger partial charge is 0.357 e. The van der Waals surface area contributed by atoms with Gasteiger partial charge in [-0.1, -0.05) is 32.9 Å². The number of carbonyl (C=O) groups is 2. The van der Waals surface area contributed by atoms with Gasteiger partial charge in [0.15, 0.2) is 0 Å². The molecule has 4 rings (SSSR count). The van der Waals surface area contributed by atoms with Gasteiger partial charge in [-0.05, 0) is 61.1 Å². The van der Waals surface area contributed by atoms with Gasteiger partial charge in [0, 0.05) is 48.2 Å². The average molecular weight is 472 g/mol. The van der Waals surface area contributed by atoms with Gasteiger partial charge in [0.05, 0.1) is 11.9 Å². The first-order valence-corrected chi connectivity index (χ1v) is 12.1. The van der Waals surface area contributed by atoms with Crippen molar-refractivity contribution in [1.82, 2.24) is 15.3 Å². The standard InChI is InChI=1S/C28H33N5O2/c1-19-24(20-7-9-21(10-8-20)26(34)31-18-28(2,3)4)16-23(17-30-19)32-27(35)22-11-12-29-25(15-22)33-13-5-6-14-33/h7-12,15-17H,5-6,13-14,18H2,1-4H3,(H,31,34)(H,32,35). The third-order valence-electron chi connectivity index (χ3n) is 6.02. The van der Waals surface area contributed by atoms with Crippen molar-refractivity contribution >= 4 is 23.3 Å². The van der Waals surface area contributed by atoms with Crippen molar-refractivity contribution in [2.45, 2.75) is 40.5 Å². The van der Waals surface area contributed by atoms with Gasteiger partial charge in [-0.25, -0.2) is 4.98 Å². The lowest BCUT2D eigenvalue weighted by Crippen LogP contribution is -2.32. The number of rotatable bonds is 6. The molecule has 35 heavy (non-hydrogen) atoms. The Labute approximate surface area is 207 Å². The fraction of sp³-hybridized carbons (Fsp3) is 0.357. The number of nitrogens with one attached hydrogen (secondary N) is 2. The Morgan fingerprint density at radius 1 is 0.943 bits per heavy atom. The normalized spacial score (nSPS) is 13.5.